The lowest BCUT2D eigenvalue weighted by atomic mass is 10.1. The molecule has 4 N–H and O–H groups in total. The number of halogens is 3. The van der Waals surface area contributed by atoms with Crippen LogP contribution in [0.4, 0.5) is 18.9 Å². The molecule has 1 aromatic heterocycles. The third kappa shape index (κ3) is 3.81. The summed E-state index contributed by atoms with van der Waals surface area (Å²) in [4.78, 5) is -0.157. The van der Waals surface area contributed by atoms with Crippen molar-refractivity contribution in [2.24, 2.45) is 5.14 Å². The molecule has 0 saturated heterocycles. The van der Waals surface area contributed by atoms with E-state index in [1.54, 1.807) is 25.1 Å². The molecule has 0 aliphatic carbocycles. The molecule has 0 bridgehead atoms. The number of hydrogen-bond donors (Lipinski definition) is 2. The Labute approximate surface area is 153 Å². The van der Waals surface area contributed by atoms with Gasteiger partial charge in [-0.1, -0.05) is 12.1 Å². The summed E-state index contributed by atoms with van der Waals surface area (Å²) in [6, 6.07) is 10.9. The van der Waals surface area contributed by atoms with Crippen molar-refractivity contribution in [1.82, 2.24) is 9.78 Å². The number of hydrogen-bond acceptors (Lipinski definition) is 4. The maximum absolute atomic E-state index is 13.2. The second-order valence-electron chi connectivity index (χ2n) is 5.93. The lowest BCUT2D eigenvalue weighted by Crippen LogP contribution is -2.12. The van der Waals surface area contributed by atoms with Crippen molar-refractivity contribution < 1.29 is 21.6 Å². The van der Waals surface area contributed by atoms with E-state index in [4.69, 9.17) is 10.9 Å². The lowest BCUT2D eigenvalue weighted by molar-refractivity contribution is -0.141. The van der Waals surface area contributed by atoms with Crippen molar-refractivity contribution in [3.63, 3.8) is 0 Å². The Bertz CT molecular complexity index is 1100. The fourth-order valence-electron chi connectivity index (χ4n) is 2.50. The molecular formula is C17H15F3N4O2S. The van der Waals surface area contributed by atoms with E-state index in [0.29, 0.717) is 11.3 Å². The number of alkyl halides is 3. The Kier molecular flexibility index (Phi) is 4.48. The summed E-state index contributed by atoms with van der Waals surface area (Å²) < 4.78 is 63.4. The van der Waals surface area contributed by atoms with Gasteiger partial charge in [-0.15, -0.1) is 0 Å². The first-order valence-corrected chi connectivity index (χ1v) is 9.18. The number of primary sulfonamides is 1. The normalized spacial score (nSPS) is 12.3. The van der Waals surface area contributed by atoms with E-state index >= 15 is 0 Å². The van der Waals surface area contributed by atoms with Crippen LogP contribution in [0, 0.1) is 6.92 Å². The van der Waals surface area contributed by atoms with Crippen LogP contribution < -0.4 is 10.9 Å². The highest BCUT2D eigenvalue weighted by atomic mass is 32.2. The first-order valence-electron chi connectivity index (χ1n) is 7.64. The summed E-state index contributed by atoms with van der Waals surface area (Å²) in [5.41, 5.74) is 6.87. The SMILES string of the molecule is Cc1ccc(-c2cc(C(F)(F)F)nn2-c2ccc(S(N)(=O)=O)cc2)cc1N. The van der Waals surface area contributed by atoms with E-state index in [1.807, 2.05) is 0 Å². The van der Waals surface area contributed by atoms with E-state index in [0.717, 1.165) is 16.3 Å². The average molecular weight is 396 g/mol. The summed E-state index contributed by atoms with van der Waals surface area (Å²) in [5, 5.41) is 8.69. The molecule has 0 radical (unpaired) electrons. The van der Waals surface area contributed by atoms with Crippen LogP contribution in [0.5, 0.6) is 0 Å². The predicted molar refractivity (Wildman–Crippen MR) is 94.5 cm³/mol. The van der Waals surface area contributed by atoms with Gasteiger partial charge in [-0.3, -0.25) is 0 Å². The maximum atomic E-state index is 13.2. The number of aryl methyl sites for hydroxylation is 1. The van der Waals surface area contributed by atoms with Gasteiger partial charge in [0.15, 0.2) is 5.69 Å². The van der Waals surface area contributed by atoms with Gasteiger partial charge in [0.05, 0.1) is 16.3 Å². The van der Waals surface area contributed by atoms with Crippen LogP contribution in [-0.2, 0) is 16.2 Å². The average Bonchev–Trinajstić information content (AvgIpc) is 3.02. The second kappa shape index (κ2) is 6.39. The molecule has 1 heterocycles. The van der Waals surface area contributed by atoms with Crippen molar-refractivity contribution in [3.8, 4) is 16.9 Å². The topological polar surface area (TPSA) is 104 Å². The van der Waals surface area contributed by atoms with Crippen molar-refractivity contribution in [2.45, 2.75) is 18.0 Å². The van der Waals surface area contributed by atoms with Crippen molar-refractivity contribution >= 4 is 15.7 Å². The highest BCUT2D eigenvalue weighted by Crippen LogP contribution is 2.34. The molecular weight excluding hydrogens is 381 g/mol. The second-order valence-corrected chi connectivity index (χ2v) is 7.50. The highest BCUT2D eigenvalue weighted by molar-refractivity contribution is 7.89. The van der Waals surface area contributed by atoms with Crippen molar-refractivity contribution in [3.05, 3.63) is 59.8 Å². The summed E-state index contributed by atoms with van der Waals surface area (Å²) in [6.07, 6.45) is -4.64. The fourth-order valence-corrected chi connectivity index (χ4v) is 3.01. The standard InChI is InChI=1S/C17H15F3N4O2S/c1-10-2-3-11(8-14(10)21)15-9-16(17(18,19)20)23-24(15)12-4-6-13(7-5-12)27(22,25)26/h2-9H,21H2,1H3,(H2,22,25,26). The van der Waals surface area contributed by atoms with Gasteiger partial charge in [0.25, 0.3) is 0 Å². The van der Waals surface area contributed by atoms with Crippen LogP contribution >= 0.6 is 0 Å². The first kappa shape index (κ1) is 18.9. The minimum Gasteiger partial charge on any atom is -0.398 e. The number of anilines is 1. The van der Waals surface area contributed by atoms with Crippen molar-refractivity contribution in [1.29, 1.82) is 0 Å². The van der Waals surface area contributed by atoms with Gasteiger partial charge in [0, 0.05) is 11.3 Å². The summed E-state index contributed by atoms with van der Waals surface area (Å²) in [6.45, 7) is 1.78. The molecule has 0 spiro atoms. The van der Waals surface area contributed by atoms with Crippen LogP contribution in [-0.4, -0.2) is 18.2 Å². The Balaban J connectivity index is 2.19. The van der Waals surface area contributed by atoms with Gasteiger partial charge >= 0.3 is 6.18 Å². The van der Waals surface area contributed by atoms with E-state index in [2.05, 4.69) is 5.10 Å². The molecule has 6 nitrogen and oxygen atoms in total. The summed E-state index contributed by atoms with van der Waals surface area (Å²) in [5.74, 6) is 0. The van der Waals surface area contributed by atoms with Gasteiger partial charge in [0.2, 0.25) is 10.0 Å². The minimum atomic E-state index is -4.64. The molecule has 0 amide bonds. The molecule has 0 atom stereocenters. The van der Waals surface area contributed by atoms with Gasteiger partial charge in [-0.2, -0.15) is 18.3 Å². The fraction of sp³-hybridized carbons (Fsp3) is 0.118. The molecule has 142 valence electrons. The Hall–Kier alpha value is -2.85. The third-order valence-electron chi connectivity index (χ3n) is 3.98. The van der Waals surface area contributed by atoms with Crippen LogP contribution in [0.1, 0.15) is 11.3 Å². The Morgan fingerprint density at radius 3 is 2.19 bits per heavy atom. The number of nitrogen functional groups attached to an aromatic ring is 1. The number of sulfonamides is 1. The van der Waals surface area contributed by atoms with Crippen molar-refractivity contribution in [2.75, 3.05) is 5.73 Å². The van der Waals surface area contributed by atoms with Gasteiger partial charge < -0.3 is 5.73 Å². The molecule has 27 heavy (non-hydrogen) atoms. The van der Waals surface area contributed by atoms with Gasteiger partial charge in [-0.25, -0.2) is 18.2 Å². The zero-order chi connectivity index (χ0) is 20.0. The molecule has 3 aromatic rings. The zero-order valence-corrected chi connectivity index (χ0v) is 14.8. The molecule has 2 aromatic carbocycles. The molecule has 3 rings (SSSR count). The number of aromatic nitrogens is 2. The van der Waals surface area contributed by atoms with E-state index in [-0.39, 0.29) is 16.3 Å². The Morgan fingerprint density at radius 1 is 1.04 bits per heavy atom. The van der Waals surface area contributed by atoms with Gasteiger partial charge in [0.1, 0.15) is 0 Å². The minimum absolute atomic E-state index is 0.157. The van der Waals surface area contributed by atoms with Crippen LogP contribution in [0.15, 0.2) is 53.4 Å². The molecule has 10 heteroatoms. The number of nitrogens with two attached hydrogens (primary N) is 2. The third-order valence-corrected chi connectivity index (χ3v) is 4.91. The maximum Gasteiger partial charge on any atom is 0.435 e. The number of nitrogens with zero attached hydrogens (tertiary/aromatic N) is 2. The van der Waals surface area contributed by atoms with Crippen LogP contribution in [0.3, 0.4) is 0 Å². The zero-order valence-electron chi connectivity index (χ0n) is 14.0. The number of rotatable bonds is 3. The first-order chi connectivity index (χ1) is 12.5. The molecule has 0 saturated carbocycles. The summed E-state index contributed by atoms with van der Waals surface area (Å²) in [7, 11) is -3.92. The van der Waals surface area contributed by atoms with E-state index < -0.39 is 21.9 Å². The largest absolute Gasteiger partial charge is 0.435 e. The summed E-state index contributed by atoms with van der Waals surface area (Å²) >= 11 is 0. The Morgan fingerprint density at radius 2 is 1.67 bits per heavy atom. The van der Waals surface area contributed by atoms with Gasteiger partial charge in [-0.05, 0) is 48.9 Å². The predicted octanol–water partition coefficient (Wildman–Crippen LogP) is 3.10. The van der Waals surface area contributed by atoms with Crippen LogP contribution in [0.2, 0.25) is 0 Å². The molecule has 0 aliphatic rings. The van der Waals surface area contributed by atoms with Crippen LogP contribution in [0.25, 0.3) is 16.9 Å². The molecule has 0 aliphatic heterocycles. The number of benzene rings is 2. The monoisotopic (exact) mass is 396 g/mol. The lowest BCUT2D eigenvalue weighted by Gasteiger charge is -2.10. The van der Waals surface area contributed by atoms with E-state index in [9.17, 15) is 21.6 Å². The highest BCUT2D eigenvalue weighted by Gasteiger charge is 2.35. The van der Waals surface area contributed by atoms with E-state index in [1.165, 1.54) is 24.3 Å². The molecule has 0 fully saturated rings. The quantitative estimate of drug-likeness (QED) is 0.664. The smallest absolute Gasteiger partial charge is 0.398 e. The molecule has 0 unspecified atom stereocenters.